The number of aliphatic hydroxyl groups excluding tert-OH is 1. The van der Waals surface area contributed by atoms with E-state index in [1.165, 1.54) is 0 Å². The maximum Gasteiger partial charge on any atom is 0.227 e. The lowest BCUT2D eigenvalue weighted by atomic mass is 10.1. The Morgan fingerprint density at radius 2 is 2.25 bits per heavy atom. The Hall–Kier alpha value is -1.59. The first kappa shape index (κ1) is 13.4. The largest absolute Gasteiger partial charge is 0.490 e. The molecule has 2 aliphatic heterocycles. The number of likely N-dealkylation sites (tertiary alicyclic amines) is 1. The van der Waals surface area contributed by atoms with Crippen LogP contribution in [0.3, 0.4) is 0 Å². The van der Waals surface area contributed by atoms with Crippen LogP contribution in [0.25, 0.3) is 0 Å². The van der Waals surface area contributed by atoms with Gasteiger partial charge in [-0.3, -0.25) is 4.79 Å². The van der Waals surface area contributed by atoms with Gasteiger partial charge in [-0.1, -0.05) is 18.2 Å². The molecule has 2 aliphatic rings. The van der Waals surface area contributed by atoms with Crippen LogP contribution in [0.5, 0.6) is 5.75 Å². The van der Waals surface area contributed by atoms with Crippen molar-refractivity contribution in [2.45, 2.75) is 25.0 Å². The smallest absolute Gasteiger partial charge is 0.227 e. The van der Waals surface area contributed by atoms with Crippen LogP contribution in [0.2, 0.25) is 0 Å². The molecular formula is C15H19NO4. The Balaban J connectivity index is 1.62. The molecule has 0 radical (unpaired) electrons. The number of amides is 1. The first-order valence-corrected chi connectivity index (χ1v) is 7.00. The number of β-amino-alcohol motifs (C(OH)–C–C–N with tert-alkyl or cyclic N) is 1. The second-order valence-corrected chi connectivity index (χ2v) is 5.33. The average Bonchev–Trinajstić information content (AvgIpc) is 3.18. The lowest BCUT2D eigenvalue weighted by Crippen LogP contribution is -2.31. The zero-order chi connectivity index (χ0) is 13.9. The van der Waals surface area contributed by atoms with Crippen LogP contribution in [-0.4, -0.2) is 54.4 Å². The van der Waals surface area contributed by atoms with Crippen LogP contribution in [0, 0.1) is 0 Å². The number of hydrogen-bond acceptors (Lipinski definition) is 4. The van der Waals surface area contributed by atoms with E-state index in [0.29, 0.717) is 32.5 Å². The van der Waals surface area contributed by atoms with Crippen LogP contribution in [0.4, 0.5) is 0 Å². The number of carbonyl (C=O) groups is 1. The lowest BCUT2D eigenvalue weighted by Gasteiger charge is -2.17. The summed E-state index contributed by atoms with van der Waals surface area (Å²) in [4.78, 5) is 13.9. The second-order valence-electron chi connectivity index (χ2n) is 5.33. The minimum Gasteiger partial charge on any atom is -0.490 e. The molecule has 0 spiro atoms. The summed E-state index contributed by atoms with van der Waals surface area (Å²) in [5.74, 6) is 0.788. The van der Waals surface area contributed by atoms with Gasteiger partial charge in [-0.2, -0.15) is 0 Å². The number of rotatable bonds is 5. The van der Waals surface area contributed by atoms with Gasteiger partial charge in [-0.05, 0) is 12.5 Å². The first-order chi connectivity index (χ1) is 9.72. The number of benzene rings is 1. The van der Waals surface area contributed by atoms with E-state index in [-0.39, 0.29) is 18.1 Å². The molecule has 1 amide bonds. The van der Waals surface area contributed by atoms with Crippen LogP contribution >= 0.6 is 0 Å². The molecule has 3 rings (SSSR count). The Bertz CT molecular complexity index is 487. The maximum absolute atomic E-state index is 12.2. The van der Waals surface area contributed by atoms with Crippen LogP contribution < -0.4 is 4.74 Å². The van der Waals surface area contributed by atoms with E-state index in [1.54, 1.807) is 4.90 Å². The molecular weight excluding hydrogens is 258 g/mol. The molecule has 0 saturated carbocycles. The Labute approximate surface area is 118 Å². The number of epoxide rings is 1. The number of ether oxygens (including phenoxy) is 2. The highest BCUT2D eigenvalue weighted by atomic mass is 16.6. The van der Waals surface area contributed by atoms with E-state index in [2.05, 4.69) is 0 Å². The van der Waals surface area contributed by atoms with Gasteiger partial charge in [-0.15, -0.1) is 0 Å². The van der Waals surface area contributed by atoms with Crippen molar-refractivity contribution in [1.29, 1.82) is 0 Å². The summed E-state index contributed by atoms with van der Waals surface area (Å²) >= 11 is 0. The third-order valence-electron chi connectivity index (χ3n) is 3.66. The van der Waals surface area contributed by atoms with E-state index >= 15 is 0 Å². The molecule has 1 aromatic carbocycles. The van der Waals surface area contributed by atoms with E-state index in [4.69, 9.17) is 9.47 Å². The van der Waals surface area contributed by atoms with E-state index in [1.807, 2.05) is 24.3 Å². The summed E-state index contributed by atoms with van der Waals surface area (Å²) in [6.45, 7) is 2.37. The Kier molecular flexibility index (Phi) is 3.89. The summed E-state index contributed by atoms with van der Waals surface area (Å²) < 4.78 is 10.8. The van der Waals surface area contributed by atoms with Gasteiger partial charge in [0.05, 0.1) is 19.1 Å². The summed E-state index contributed by atoms with van der Waals surface area (Å²) in [7, 11) is 0. The number of aliphatic hydroxyl groups is 1. The van der Waals surface area contributed by atoms with Gasteiger partial charge in [-0.25, -0.2) is 0 Å². The molecule has 5 nitrogen and oxygen atoms in total. The highest BCUT2D eigenvalue weighted by Gasteiger charge is 2.26. The van der Waals surface area contributed by atoms with Gasteiger partial charge in [0, 0.05) is 18.7 Å². The van der Waals surface area contributed by atoms with Crippen molar-refractivity contribution in [3.05, 3.63) is 29.8 Å². The van der Waals surface area contributed by atoms with Crippen molar-refractivity contribution in [3.8, 4) is 5.75 Å². The fourth-order valence-electron chi connectivity index (χ4n) is 2.38. The highest BCUT2D eigenvalue weighted by molar-refractivity contribution is 5.79. The van der Waals surface area contributed by atoms with Crippen LogP contribution in [0.1, 0.15) is 12.0 Å². The predicted molar refractivity (Wildman–Crippen MR) is 72.6 cm³/mol. The SMILES string of the molecule is O=C(Cc1ccccc1OC[C@@H]1CO1)N1CCC(O)C1. The summed E-state index contributed by atoms with van der Waals surface area (Å²) in [6, 6.07) is 7.59. The molecule has 1 unspecified atom stereocenters. The van der Waals surface area contributed by atoms with Crippen LogP contribution in [0.15, 0.2) is 24.3 Å². The van der Waals surface area contributed by atoms with E-state index < -0.39 is 0 Å². The molecule has 108 valence electrons. The Morgan fingerprint density at radius 1 is 1.45 bits per heavy atom. The van der Waals surface area contributed by atoms with Crippen molar-refractivity contribution in [2.24, 2.45) is 0 Å². The molecule has 2 fully saturated rings. The molecule has 5 heteroatoms. The third kappa shape index (κ3) is 3.29. The van der Waals surface area contributed by atoms with Crippen molar-refractivity contribution in [3.63, 3.8) is 0 Å². The topological polar surface area (TPSA) is 62.3 Å². The number of hydrogen-bond donors (Lipinski definition) is 1. The number of nitrogens with zero attached hydrogens (tertiary/aromatic N) is 1. The van der Waals surface area contributed by atoms with Gasteiger partial charge in [0.25, 0.3) is 0 Å². The van der Waals surface area contributed by atoms with Gasteiger partial charge in [0.1, 0.15) is 18.5 Å². The highest BCUT2D eigenvalue weighted by Crippen LogP contribution is 2.22. The first-order valence-electron chi connectivity index (χ1n) is 7.00. The Morgan fingerprint density at radius 3 is 2.95 bits per heavy atom. The molecule has 2 heterocycles. The number of carbonyl (C=O) groups excluding carboxylic acids is 1. The van der Waals surface area contributed by atoms with Gasteiger partial charge >= 0.3 is 0 Å². The zero-order valence-corrected chi connectivity index (χ0v) is 11.3. The predicted octanol–water partition coefficient (Wildman–Crippen LogP) is 0.600. The van der Waals surface area contributed by atoms with Crippen molar-refractivity contribution >= 4 is 5.91 Å². The molecule has 0 bridgehead atoms. The molecule has 20 heavy (non-hydrogen) atoms. The second kappa shape index (κ2) is 5.81. The van der Waals surface area contributed by atoms with Crippen molar-refractivity contribution in [2.75, 3.05) is 26.3 Å². The third-order valence-corrected chi connectivity index (χ3v) is 3.66. The average molecular weight is 277 g/mol. The van der Waals surface area contributed by atoms with Gasteiger partial charge in [0.15, 0.2) is 0 Å². The molecule has 1 N–H and O–H groups in total. The molecule has 2 saturated heterocycles. The molecule has 0 aromatic heterocycles. The van der Waals surface area contributed by atoms with E-state index in [9.17, 15) is 9.90 Å². The normalized spacial score (nSPS) is 24.8. The molecule has 1 aromatic rings. The van der Waals surface area contributed by atoms with Crippen LogP contribution in [-0.2, 0) is 16.0 Å². The fraction of sp³-hybridized carbons (Fsp3) is 0.533. The van der Waals surface area contributed by atoms with Crippen molar-refractivity contribution < 1.29 is 19.4 Å². The molecule has 0 aliphatic carbocycles. The zero-order valence-electron chi connectivity index (χ0n) is 11.3. The van der Waals surface area contributed by atoms with E-state index in [0.717, 1.165) is 17.9 Å². The van der Waals surface area contributed by atoms with Gasteiger partial charge < -0.3 is 19.5 Å². The van der Waals surface area contributed by atoms with Gasteiger partial charge in [0.2, 0.25) is 5.91 Å². The maximum atomic E-state index is 12.2. The monoisotopic (exact) mass is 277 g/mol. The molecule has 2 atom stereocenters. The standard InChI is InChI=1S/C15H19NO4/c17-12-5-6-16(8-12)15(18)7-11-3-1-2-4-14(11)20-10-13-9-19-13/h1-4,12-13,17H,5-10H2/t12?,13-/m0/s1. The summed E-state index contributed by atoms with van der Waals surface area (Å²) in [6.07, 6.45) is 0.807. The number of para-hydroxylation sites is 1. The lowest BCUT2D eigenvalue weighted by molar-refractivity contribution is -0.129. The fourth-order valence-corrected chi connectivity index (χ4v) is 2.38. The minimum atomic E-state index is -0.377. The summed E-state index contributed by atoms with van der Waals surface area (Å²) in [5.41, 5.74) is 0.888. The minimum absolute atomic E-state index is 0.0419. The van der Waals surface area contributed by atoms with Crippen molar-refractivity contribution in [1.82, 2.24) is 4.90 Å². The quantitative estimate of drug-likeness (QED) is 0.801. The summed E-state index contributed by atoms with van der Waals surface area (Å²) in [5, 5.41) is 9.49.